The summed E-state index contributed by atoms with van der Waals surface area (Å²) in [7, 11) is 0. The van der Waals surface area contributed by atoms with Crippen LogP contribution in [-0.2, 0) is 33.2 Å². The number of hydrogen-bond acceptors (Lipinski definition) is 18. The highest BCUT2D eigenvalue weighted by Gasteiger charge is 2.53. The Labute approximate surface area is 432 Å². The fourth-order valence-electron chi connectivity index (χ4n) is 8.55. The summed E-state index contributed by atoms with van der Waals surface area (Å²) in [6, 6.07) is -0.998. The number of carbonyl (C=O) groups is 1. The number of rotatable bonds is 36. The van der Waals surface area contributed by atoms with Gasteiger partial charge in [-0.15, -0.1) is 0 Å². The quantitative estimate of drug-likeness (QED) is 0.0317. The Morgan fingerprint density at radius 1 is 0.507 bits per heavy atom. The summed E-state index contributed by atoms with van der Waals surface area (Å²) in [5.74, 6) is -0.308. The average molecular weight is 1040 g/mol. The minimum Gasteiger partial charge on any atom is -0.394 e. The lowest BCUT2D eigenvalue weighted by Gasteiger charge is -2.48. The molecule has 12 N–H and O–H groups in total. The molecule has 0 aromatic carbocycles. The third-order valence-corrected chi connectivity index (χ3v) is 13.0. The van der Waals surface area contributed by atoms with Crippen LogP contribution in [0.2, 0.25) is 0 Å². The van der Waals surface area contributed by atoms with Crippen molar-refractivity contribution in [2.24, 2.45) is 0 Å². The number of hydrogen-bond donors (Lipinski definition) is 12. The number of aliphatic hydroxyl groups excluding tert-OH is 11. The Kier molecular flexibility index (Phi) is 33.5. The summed E-state index contributed by atoms with van der Waals surface area (Å²) in [4.78, 5) is 13.2. The SMILES string of the molecule is CC/C=C\C/C=C\C/C=C\C/C=C\CCCCCCCCC(=O)NC(COC1OC(CO)C(OC2OC(CO)C(OC3OC(CO)C(O)C(O)C3O)C(O)C2O)C(O)C1O)C(O)/C=C/CC/C=C/CCCCC. The Balaban J connectivity index is 1.52. The van der Waals surface area contributed by atoms with Gasteiger partial charge in [0.1, 0.15) is 73.2 Å². The van der Waals surface area contributed by atoms with E-state index in [-0.39, 0.29) is 18.9 Å². The minimum atomic E-state index is -1.98. The van der Waals surface area contributed by atoms with Gasteiger partial charge in [0.05, 0.1) is 38.6 Å². The van der Waals surface area contributed by atoms with E-state index < -0.39 is 124 Å². The van der Waals surface area contributed by atoms with E-state index in [9.17, 15) is 61.0 Å². The molecular formula is C54H91NO18. The highest BCUT2D eigenvalue weighted by molar-refractivity contribution is 5.76. The Bertz CT molecular complexity index is 1620. The first-order valence-corrected chi connectivity index (χ1v) is 26.7. The molecule has 0 spiro atoms. The molecule has 0 aliphatic carbocycles. The first-order valence-electron chi connectivity index (χ1n) is 26.7. The molecule has 0 aromatic heterocycles. The normalized spacial score (nSPS) is 32.3. The van der Waals surface area contributed by atoms with Gasteiger partial charge in [0.15, 0.2) is 18.9 Å². The van der Waals surface area contributed by atoms with Crippen molar-refractivity contribution in [3.8, 4) is 0 Å². The molecule has 73 heavy (non-hydrogen) atoms. The minimum absolute atomic E-state index is 0.214. The fraction of sp³-hybridized carbons (Fsp3) is 0.759. The van der Waals surface area contributed by atoms with Crippen LogP contribution < -0.4 is 5.32 Å². The summed E-state index contributed by atoms with van der Waals surface area (Å²) in [6.45, 7) is 1.47. The molecule has 1 amide bonds. The van der Waals surface area contributed by atoms with Crippen LogP contribution >= 0.6 is 0 Å². The predicted molar refractivity (Wildman–Crippen MR) is 272 cm³/mol. The summed E-state index contributed by atoms with van der Waals surface area (Å²) in [6.07, 6.45) is 14.9. The highest BCUT2D eigenvalue weighted by Crippen LogP contribution is 2.33. The lowest BCUT2D eigenvalue weighted by atomic mass is 9.96. The molecule has 3 aliphatic heterocycles. The molecule has 19 nitrogen and oxygen atoms in total. The third-order valence-electron chi connectivity index (χ3n) is 13.0. The van der Waals surface area contributed by atoms with Gasteiger partial charge in [-0.1, -0.05) is 125 Å². The van der Waals surface area contributed by atoms with E-state index >= 15 is 0 Å². The zero-order chi connectivity index (χ0) is 53.4. The molecule has 19 heteroatoms. The van der Waals surface area contributed by atoms with Crippen LogP contribution in [0, 0.1) is 0 Å². The van der Waals surface area contributed by atoms with Crippen molar-refractivity contribution in [3.63, 3.8) is 0 Å². The van der Waals surface area contributed by atoms with Crippen molar-refractivity contribution >= 4 is 5.91 Å². The molecular weight excluding hydrogens is 951 g/mol. The van der Waals surface area contributed by atoms with Crippen LogP contribution in [0.1, 0.15) is 129 Å². The zero-order valence-corrected chi connectivity index (χ0v) is 43.1. The summed E-state index contributed by atoms with van der Waals surface area (Å²) in [5.41, 5.74) is 0. The van der Waals surface area contributed by atoms with Gasteiger partial charge in [0, 0.05) is 6.42 Å². The number of aliphatic hydroxyl groups is 11. The van der Waals surface area contributed by atoms with E-state index in [4.69, 9.17) is 28.4 Å². The van der Waals surface area contributed by atoms with Crippen molar-refractivity contribution in [2.45, 2.75) is 234 Å². The van der Waals surface area contributed by atoms with E-state index in [2.05, 4.69) is 79.9 Å². The van der Waals surface area contributed by atoms with E-state index in [0.29, 0.717) is 12.8 Å². The molecule has 420 valence electrons. The molecule has 3 rings (SSSR count). The van der Waals surface area contributed by atoms with Crippen LogP contribution in [0.5, 0.6) is 0 Å². The second kappa shape index (κ2) is 37.9. The van der Waals surface area contributed by atoms with Crippen molar-refractivity contribution in [2.75, 3.05) is 26.4 Å². The molecule has 0 aromatic rings. The summed E-state index contributed by atoms with van der Waals surface area (Å²) < 4.78 is 34.1. The number of allylic oxidation sites excluding steroid dienone is 11. The molecule has 0 saturated carbocycles. The molecule has 3 saturated heterocycles. The predicted octanol–water partition coefficient (Wildman–Crippen LogP) is 2.70. The van der Waals surface area contributed by atoms with Crippen LogP contribution in [0.3, 0.4) is 0 Å². The Hall–Kier alpha value is -2.77. The molecule has 0 radical (unpaired) electrons. The van der Waals surface area contributed by atoms with Gasteiger partial charge < -0.3 is 89.9 Å². The van der Waals surface area contributed by atoms with Gasteiger partial charge in [-0.3, -0.25) is 4.79 Å². The van der Waals surface area contributed by atoms with Gasteiger partial charge in [0.25, 0.3) is 0 Å². The lowest BCUT2D eigenvalue weighted by molar-refractivity contribution is -0.379. The Morgan fingerprint density at radius 2 is 0.959 bits per heavy atom. The monoisotopic (exact) mass is 1040 g/mol. The third kappa shape index (κ3) is 23.2. The fourth-order valence-corrected chi connectivity index (χ4v) is 8.55. The van der Waals surface area contributed by atoms with Crippen molar-refractivity contribution in [1.82, 2.24) is 5.32 Å². The van der Waals surface area contributed by atoms with E-state index in [1.807, 2.05) is 6.08 Å². The van der Waals surface area contributed by atoms with Crippen molar-refractivity contribution in [3.05, 3.63) is 72.9 Å². The molecule has 3 aliphatic rings. The second-order valence-corrected chi connectivity index (χ2v) is 18.9. The number of amides is 1. The zero-order valence-electron chi connectivity index (χ0n) is 43.1. The number of ether oxygens (including phenoxy) is 6. The number of nitrogens with one attached hydrogen (secondary N) is 1. The summed E-state index contributed by atoms with van der Waals surface area (Å²) in [5, 5.41) is 120. The van der Waals surface area contributed by atoms with Crippen molar-refractivity contribution in [1.29, 1.82) is 0 Å². The standard InChI is InChI=1S/C54H91NO18/c1-3-5-7-9-11-13-14-15-16-17-18-19-20-21-22-24-26-28-30-32-42(60)55-37(38(59)31-29-27-25-23-12-10-8-6-4-2)36-68-52-48(66)45(63)50(40(34-57)70-52)73-54-49(67)46(64)51(41(35-58)71-54)72-53-47(65)44(62)43(61)39(33-56)69-53/h5,7,11-13,15-16,18-19,23,29,31,37-41,43-54,56-59,61-67H,3-4,6,8-10,14,17,20-22,24-28,30,32-36H2,1-2H3,(H,55,60)/b7-5-,13-11-,16-15-,19-18-,23-12+,31-29+. The number of unbranched alkanes of at least 4 members (excludes halogenated alkanes) is 10. The van der Waals surface area contributed by atoms with Gasteiger partial charge in [-0.2, -0.15) is 0 Å². The molecule has 0 bridgehead atoms. The van der Waals surface area contributed by atoms with Crippen LogP contribution in [0.4, 0.5) is 0 Å². The van der Waals surface area contributed by atoms with Gasteiger partial charge in [-0.25, -0.2) is 0 Å². The van der Waals surface area contributed by atoms with Gasteiger partial charge in [-0.05, 0) is 70.6 Å². The Morgan fingerprint density at radius 3 is 1.53 bits per heavy atom. The van der Waals surface area contributed by atoms with Crippen molar-refractivity contribution < 1.29 is 89.4 Å². The second-order valence-electron chi connectivity index (χ2n) is 18.9. The molecule has 17 unspecified atom stereocenters. The van der Waals surface area contributed by atoms with Crippen LogP contribution in [-0.4, -0.2) is 193 Å². The van der Waals surface area contributed by atoms with Crippen LogP contribution in [0.25, 0.3) is 0 Å². The molecule has 3 fully saturated rings. The first kappa shape index (κ1) is 64.5. The molecule has 3 heterocycles. The van der Waals surface area contributed by atoms with Gasteiger partial charge >= 0.3 is 0 Å². The van der Waals surface area contributed by atoms with E-state index in [1.165, 1.54) is 6.42 Å². The van der Waals surface area contributed by atoms with Crippen LogP contribution in [0.15, 0.2) is 72.9 Å². The largest absolute Gasteiger partial charge is 0.394 e. The van der Waals surface area contributed by atoms with E-state index in [0.717, 1.165) is 89.9 Å². The average Bonchev–Trinajstić information content (AvgIpc) is 3.39. The maximum Gasteiger partial charge on any atom is 0.220 e. The highest BCUT2D eigenvalue weighted by atomic mass is 16.8. The lowest BCUT2D eigenvalue weighted by Crippen LogP contribution is -2.66. The topological polar surface area (TPSA) is 307 Å². The first-order chi connectivity index (χ1) is 35.3. The summed E-state index contributed by atoms with van der Waals surface area (Å²) >= 11 is 0. The van der Waals surface area contributed by atoms with E-state index in [1.54, 1.807) is 6.08 Å². The molecule has 17 atom stereocenters. The maximum absolute atomic E-state index is 13.2. The maximum atomic E-state index is 13.2. The number of carbonyl (C=O) groups excluding carboxylic acids is 1. The van der Waals surface area contributed by atoms with Gasteiger partial charge in [0.2, 0.25) is 5.91 Å². The smallest absolute Gasteiger partial charge is 0.220 e.